The summed E-state index contributed by atoms with van der Waals surface area (Å²) in [6.07, 6.45) is 1.11. The quantitative estimate of drug-likeness (QED) is 0.597. The van der Waals surface area contributed by atoms with Gasteiger partial charge in [0.1, 0.15) is 12.4 Å². The third-order valence-corrected chi connectivity index (χ3v) is 6.96. The zero-order chi connectivity index (χ0) is 22.4. The number of primary amides is 1. The second-order valence-corrected chi connectivity index (χ2v) is 9.54. The van der Waals surface area contributed by atoms with Gasteiger partial charge in [-0.25, -0.2) is 8.42 Å². The van der Waals surface area contributed by atoms with E-state index in [-0.39, 0.29) is 24.7 Å². The molecule has 0 aliphatic carbocycles. The zero-order valence-electron chi connectivity index (χ0n) is 16.7. The molecule has 2 aromatic carbocycles. The number of carbonyl (C=O) groups excluding carboxylic acids is 2. The summed E-state index contributed by atoms with van der Waals surface area (Å²) in [5, 5.41) is 0.447. The molecular formula is C21H23ClN2O6S. The Hall–Kier alpha value is -2.62. The number of benzene rings is 2. The van der Waals surface area contributed by atoms with Gasteiger partial charge in [-0.3, -0.25) is 9.59 Å². The molecule has 1 aliphatic rings. The molecule has 10 heteroatoms. The van der Waals surface area contributed by atoms with E-state index in [9.17, 15) is 18.0 Å². The third-order valence-electron chi connectivity index (χ3n) is 4.83. The number of nitrogens with two attached hydrogens (primary N) is 1. The number of nitrogens with zero attached hydrogens (tertiary/aromatic N) is 1. The summed E-state index contributed by atoms with van der Waals surface area (Å²) in [4.78, 5) is 23.5. The Morgan fingerprint density at radius 1 is 1.16 bits per heavy atom. The fourth-order valence-electron chi connectivity index (χ4n) is 3.26. The minimum atomic E-state index is -3.72. The van der Waals surface area contributed by atoms with Crippen LogP contribution in [0.2, 0.25) is 5.02 Å². The Balaban J connectivity index is 1.59. The number of carbonyl (C=O) groups is 2. The van der Waals surface area contributed by atoms with Gasteiger partial charge in [-0.05, 0) is 54.8 Å². The van der Waals surface area contributed by atoms with Gasteiger partial charge in [-0.1, -0.05) is 23.7 Å². The van der Waals surface area contributed by atoms with Crippen LogP contribution in [0.3, 0.4) is 0 Å². The van der Waals surface area contributed by atoms with E-state index in [1.807, 2.05) is 0 Å². The lowest BCUT2D eigenvalue weighted by Gasteiger charge is -2.30. The minimum absolute atomic E-state index is 0.00698. The van der Waals surface area contributed by atoms with Gasteiger partial charge >= 0.3 is 5.97 Å². The summed E-state index contributed by atoms with van der Waals surface area (Å²) in [6.45, 7) is 0.163. The predicted molar refractivity (Wildman–Crippen MR) is 114 cm³/mol. The van der Waals surface area contributed by atoms with Gasteiger partial charge in [0, 0.05) is 18.1 Å². The summed E-state index contributed by atoms with van der Waals surface area (Å²) < 4.78 is 37.7. The molecule has 0 bridgehead atoms. The normalized spacial score (nSPS) is 17.1. The van der Waals surface area contributed by atoms with Gasteiger partial charge in [0.2, 0.25) is 10.0 Å². The lowest BCUT2D eigenvalue weighted by atomic mass is 10.00. The summed E-state index contributed by atoms with van der Waals surface area (Å²) >= 11 is 5.84. The molecule has 8 nitrogen and oxygen atoms in total. The van der Waals surface area contributed by atoms with Crippen LogP contribution in [0.4, 0.5) is 0 Å². The second-order valence-electron chi connectivity index (χ2n) is 7.17. The number of ether oxygens (including phenoxy) is 2. The summed E-state index contributed by atoms with van der Waals surface area (Å²) in [5.41, 5.74) is 5.74. The van der Waals surface area contributed by atoms with Gasteiger partial charge < -0.3 is 15.2 Å². The van der Waals surface area contributed by atoms with Crippen molar-refractivity contribution >= 4 is 33.5 Å². The topological polar surface area (TPSA) is 116 Å². The van der Waals surface area contributed by atoms with Crippen LogP contribution in [0.5, 0.6) is 5.75 Å². The fraction of sp³-hybridized carbons (Fsp3) is 0.333. The highest BCUT2D eigenvalue weighted by Crippen LogP contribution is 2.26. The predicted octanol–water partition coefficient (Wildman–Crippen LogP) is 2.35. The highest BCUT2D eigenvalue weighted by atomic mass is 35.5. The first-order valence-electron chi connectivity index (χ1n) is 9.68. The molecule has 0 spiro atoms. The number of amides is 1. The molecule has 2 aromatic rings. The summed E-state index contributed by atoms with van der Waals surface area (Å²) in [7, 11) is -3.72. The van der Waals surface area contributed by atoms with Crippen molar-refractivity contribution in [1.29, 1.82) is 0 Å². The molecule has 1 atom stereocenters. The average molecular weight is 467 g/mol. The minimum Gasteiger partial charge on any atom is -0.484 e. The van der Waals surface area contributed by atoms with E-state index in [1.54, 1.807) is 24.3 Å². The Morgan fingerprint density at radius 2 is 1.90 bits per heavy atom. The van der Waals surface area contributed by atoms with Crippen LogP contribution in [-0.4, -0.2) is 44.3 Å². The van der Waals surface area contributed by atoms with Crippen molar-refractivity contribution in [3.8, 4) is 5.75 Å². The second kappa shape index (κ2) is 10.1. The number of halogens is 1. The molecule has 0 saturated carbocycles. The van der Waals surface area contributed by atoms with Crippen LogP contribution < -0.4 is 10.5 Å². The van der Waals surface area contributed by atoms with Crippen molar-refractivity contribution < 1.29 is 27.5 Å². The van der Waals surface area contributed by atoms with Crippen molar-refractivity contribution in [2.75, 3.05) is 19.7 Å². The number of hydrogen-bond acceptors (Lipinski definition) is 6. The Kier molecular flexibility index (Phi) is 7.53. The van der Waals surface area contributed by atoms with Crippen LogP contribution in [-0.2, 0) is 31.0 Å². The zero-order valence-corrected chi connectivity index (χ0v) is 18.3. The standard InChI is InChI=1S/C21H23ClN2O6S/c22-17-6-8-19(9-7-17)31(27,28)24-10-2-4-16(12-24)21(26)30-13-15-3-1-5-18(11-15)29-14-20(23)25/h1,3,5-9,11,16H,2,4,10,12-14H2,(H2,23,25). The number of piperidine rings is 1. The van der Waals surface area contributed by atoms with E-state index in [0.29, 0.717) is 35.7 Å². The maximum absolute atomic E-state index is 12.9. The average Bonchev–Trinajstić information content (AvgIpc) is 2.77. The monoisotopic (exact) mass is 466 g/mol. The number of hydrogen-bond donors (Lipinski definition) is 1. The summed E-state index contributed by atoms with van der Waals surface area (Å²) in [5.74, 6) is -1.16. The lowest BCUT2D eigenvalue weighted by Crippen LogP contribution is -2.42. The maximum atomic E-state index is 12.9. The Bertz CT molecular complexity index is 1040. The van der Waals surface area contributed by atoms with Gasteiger partial charge in [-0.15, -0.1) is 0 Å². The van der Waals surface area contributed by atoms with Crippen LogP contribution >= 0.6 is 11.6 Å². The van der Waals surface area contributed by atoms with Gasteiger partial charge in [0.25, 0.3) is 5.91 Å². The van der Waals surface area contributed by atoms with Crippen molar-refractivity contribution in [2.45, 2.75) is 24.3 Å². The Morgan fingerprint density at radius 3 is 2.61 bits per heavy atom. The molecule has 1 aliphatic heterocycles. The summed E-state index contributed by atoms with van der Waals surface area (Å²) in [6, 6.07) is 12.7. The van der Waals surface area contributed by atoms with Crippen molar-refractivity contribution in [3.63, 3.8) is 0 Å². The molecule has 1 amide bonds. The van der Waals surface area contributed by atoms with Crippen molar-refractivity contribution in [1.82, 2.24) is 4.31 Å². The van der Waals surface area contributed by atoms with Crippen LogP contribution in [0.15, 0.2) is 53.4 Å². The SMILES string of the molecule is NC(=O)COc1cccc(COC(=O)C2CCCN(S(=O)(=O)c3ccc(Cl)cc3)C2)c1. The molecule has 31 heavy (non-hydrogen) atoms. The van der Waals surface area contributed by atoms with Gasteiger partial charge in [0.05, 0.1) is 10.8 Å². The molecule has 1 saturated heterocycles. The first-order valence-corrected chi connectivity index (χ1v) is 11.5. The molecule has 3 rings (SSSR count). The van der Waals surface area contributed by atoms with Gasteiger partial charge in [-0.2, -0.15) is 4.31 Å². The van der Waals surface area contributed by atoms with Crippen LogP contribution in [0.1, 0.15) is 18.4 Å². The number of sulfonamides is 1. The molecule has 0 radical (unpaired) electrons. The van der Waals surface area contributed by atoms with E-state index >= 15 is 0 Å². The Labute approximate surface area is 185 Å². The van der Waals surface area contributed by atoms with E-state index < -0.39 is 27.8 Å². The van der Waals surface area contributed by atoms with Gasteiger partial charge in [0.15, 0.2) is 6.61 Å². The van der Waals surface area contributed by atoms with E-state index in [2.05, 4.69) is 0 Å². The highest BCUT2D eigenvalue weighted by Gasteiger charge is 2.34. The fourth-order valence-corrected chi connectivity index (χ4v) is 4.91. The van der Waals surface area contributed by atoms with Crippen molar-refractivity contribution in [3.05, 3.63) is 59.1 Å². The number of esters is 1. The van der Waals surface area contributed by atoms with E-state index in [0.717, 1.165) is 0 Å². The molecule has 166 valence electrons. The third kappa shape index (κ3) is 6.19. The van der Waals surface area contributed by atoms with E-state index in [1.165, 1.54) is 28.6 Å². The lowest BCUT2D eigenvalue weighted by molar-refractivity contribution is -0.151. The molecule has 1 fully saturated rings. The highest BCUT2D eigenvalue weighted by molar-refractivity contribution is 7.89. The molecule has 1 heterocycles. The molecule has 0 aromatic heterocycles. The van der Waals surface area contributed by atoms with Crippen LogP contribution in [0.25, 0.3) is 0 Å². The smallest absolute Gasteiger partial charge is 0.310 e. The molecular weight excluding hydrogens is 444 g/mol. The first kappa shape index (κ1) is 23.1. The largest absolute Gasteiger partial charge is 0.484 e. The van der Waals surface area contributed by atoms with Crippen LogP contribution in [0, 0.1) is 5.92 Å². The van der Waals surface area contributed by atoms with Crippen molar-refractivity contribution in [2.24, 2.45) is 11.7 Å². The van der Waals surface area contributed by atoms with E-state index in [4.69, 9.17) is 26.8 Å². The first-order chi connectivity index (χ1) is 14.8. The molecule has 2 N–H and O–H groups in total. The number of rotatable bonds is 8. The maximum Gasteiger partial charge on any atom is 0.310 e. The molecule has 1 unspecified atom stereocenters.